The van der Waals surface area contributed by atoms with Crippen LogP contribution in [0.25, 0.3) is 0 Å². The van der Waals surface area contributed by atoms with Crippen molar-refractivity contribution in [1.29, 1.82) is 0 Å². The van der Waals surface area contributed by atoms with Gasteiger partial charge in [0.25, 0.3) is 0 Å². The zero-order chi connectivity index (χ0) is 15.1. The molecule has 5 heteroatoms. The van der Waals surface area contributed by atoms with Crippen LogP contribution in [0.1, 0.15) is 70.5 Å². The number of aromatic nitrogens is 2. The van der Waals surface area contributed by atoms with E-state index in [0.29, 0.717) is 6.04 Å². The van der Waals surface area contributed by atoms with E-state index >= 15 is 0 Å². The summed E-state index contributed by atoms with van der Waals surface area (Å²) in [6.07, 6.45) is 6.69. The van der Waals surface area contributed by atoms with Gasteiger partial charge in [0.1, 0.15) is 0 Å². The first-order valence-corrected chi connectivity index (χ1v) is 8.42. The van der Waals surface area contributed by atoms with Crippen molar-refractivity contribution in [2.24, 2.45) is 0 Å². The van der Waals surface area contributed by atoms with E-state index in [1.807, 2.05) is 0 Å². The SMILES string of the molecule is CCCNC(C)C(CC)c1nc(CC2CCCCO2)no1. The fraction of sp³-hybridized carbons (Fsp3) is 0.875. The Morgan fingerprint density at radius 2 is 2.19 bits per heavy atom. The highest BCUT2D eigenvalue weighted by molar-refractivity contribution is 4.99. The van der Waals surface area contributed by atoms with Crippen molar-refractivity contribution in [1.82, 2.24) is 15.5 Å². The average Bonchev–Trinajstić information content (AvgIpc) is 2.95. The summed E-state index contributed by atoms with van der Waals surface area (Å²) in [5.74, 6) is 1.84. The van der Waals surface area contributed by atoms with E-state index in [-0.39, 0.29) is 12.0 Å². The topological polar surface area (TPSA) is 60.2 Å². The van der Waals surface area contributed by atoms with Crippen molar-refractivity contribution in [3.05, 3.63) is 11.7 Å². The molecular weight excluding hydrogens is 266 g/mol. The molecule has 0 bridgehead atoms. The molecule has 0 radical (unpaired) electrons. The summed E-state index contributed by atoms with van der Waals surface area (Å²) in [6, 6.07) is 0.356. The fourth-order valence-electron chi connectivity index (χ4n) is 2.93. The summed E-state index contributed by atoms with van der Waals surface area (Å²) in [7, 11) is 0. The Hall–Kier alpha value is -0.940. The maximum Gasteiger partial charge on any atom is 0.231 e. The summed E-state index contributed by atoms with van der Waals surface area (Å²) in [5.41, 5.74) is 0. The Balaban J connectivity index is 1.92. The molecule has 0 aromatic carbocycles. The molecule has 21 heavy (non-hydrogen) atoms. The quantitative estimate of drug-likeness (QED) is 0.798. The molecule has 2 rings (SSSR count). The van der Waals surface area contributed by atoms with Gasteiger partial charge >= 0.3 is 0 Å². The highest BCUT2D eigenvalue weighted by atomic mass is 16.5. The number of hydrogen-bond acceptors (Lipinski definition) is 5. The summed E-state index contributed by atoms with van der Waals surface area (Å²) in [4.78, 5) is 4.61. The number of rotatable bonds is 8. The number of ether oxygens (including phenoxy) is 1. The predicted molar refractivity (Wildman–Crippen MR) is 82.4 cm³/mol. The van der Waals surface area contributed by atoms with Gasteiger partial charge in [-0.2, -0.15) is 4.98 Å². The van der Waals surface area contributed by atoms with Gasteiger partial charge in [-0.15, -0.1) is 0 Å². The van der Waals surface area contributed by atoms with Crippen molar-refractivity contribution in [3.63, 3.8) is 0 Å². The molecule has 1 aromatic heterocycles. The van der Waals surface area contributed by atoms with Gasteiger partial charge in [-0.25, -0.2) is 0 Å². The van der Waals surface area contributed by atoms with Gasteiger partial charge in [-0.1, -0.05) is 19.0 Å². The van der Waals surface area contributed by atoms with Crippen molar-refractivity contribution in [3.8, 4) is 0 Å². The molecule has 0 saturated carbocycles. The van der Waals surface area contributed by atoms with Crippen molar-refractivity contribution in [2.45, 2.75) is 77.4 Å². The minimum absolute atomic E-state index is 0.264. The zero-order valence-corrected chi connectivity index (χ0v) is 13.6. The van der Waals surface area contributed by atoms with Crippen LogP contribution in [0.4, 0.5) is 0 Å². The second kappa shape index (κ2) is 8.49. The third-order valence-electron chi connectivity index (χ3n) is 4.24. The molecule has 0 aliphatic carbocycles. The third kappa shape index (κ3) is 4.78. The lowest BCUT2D eigenvalue weighted by Crippen LogP contribution is -2.32. The Morgan fingerprint density at radius 1 is 1.33 bits per heavy atom. The Morgan fingerprint density at radius 3 is 2.86 bits per heavy atom. The van der Waals surface area contributed by atoms with Crippen LogP contribution in [-0.2, 0) is 11.2 Å². The van der Waals surface area contributed by atoms with Gasteiger partial charge in [0, 0.05) is 19.1 Å². The second-order valence-electron chi connectivity index (χ2n) is 6.00. The molecule has 0 amide bonds. The number of nitrogens with zero attached hydrogens (tertiary/aromatic N) is 2. The van der Waals surface area contributed by atoms with Crippen LogP contribution in [0, 0.1) is 0 Å². The molecule has 2 heterocycles. The predicted octanol–water partition coefficient (Wildman–Crippen LogP) is 3.06. The van der Waals surface area contributed by atoms with Gasteiger partial charge in [-0.3, -0.25) is 0 Å². The summed E-state index contributed by atoms with van der Waals surface area (Å²) in [6.45, 7) is 8.43. The molecule has 1 aliphatic heterocycles. The lowest BCUT2D eigenvalue weighted by Gasteiger charge is -2.21. The molecule has 3 atom stereocenters. The van der Waals surface area contributed by atoms with E-state index < -0.39 is 0 Å². The third-order valence-corrected chi connectivity index (χ3v) is 4.24. The first kappa shape index (κ1) is 16.4. The van der Waals surface area contributed by atoms with E-state index in [1.165, 1.54) is 12.8 Å². The van der Waals surface area contributed by atoms with Crippen LogP contribution in [0.2, 0.25) is 0 Å². The number of nitrogens with one attached hydrogen (secondary N) is 1. The van der Waals surface area contributed by atoms with Crippen molar-refractivity contribution in [2.75, 3.05) is 13.2 Å². The molecule has 1 aliphatic rings. The van der Waals surface area contributed by atoms with Crippen LogP contribution >= 0.6 is 0 Å². The highest BCUT2D eigenvalue weighted by Crippen LogP contribution is 2.23. The van der Waals surface area contributed by atoms with Gasteiger partial charge in [0.15, 0.2) is 5.82 Å². The van der Waals surface area contributed by atoms with E-state index in [2.05, 4.69) is 36.2 Å². The molecule has 1 saturated heterocycles. The summed E-state index contributed by atoms with van der Waals surface area (Å²) < 4.78 is 11.2. The summed E-state index contributed by atoms with van der Waals surface area (Å²) in [5, 5.41) is 7.67. The van der Waals surface area contributed by atoms with Gasteiger partial charge < -0.3 is 14.6 Å². The summed E-state index contributed by atoms with van der Waals surface area (Å²) >= 11 is 0. The Labute approximate surface area is 127 Å². The largest absolute Gasteiger partial charge is 0.378 e. The monoisotopic (exact) mass is 295 g/mol. The zero-order valence-electron chi connectivity index (χ0n) is 13.6. The fourth-order valence-corrected chi connectivity index (χ4v) is 2.93. The standard InChI is InChI=1S/C16H29N3O2/c1-4-9-17-12(3)14(5-2)16-18-15(19-21-16)11-13-8-6-7-10-20-13/h12-14,17H,4-11H2,1-3H3. The Bertz CT molecular complexity index is 402. The van der Waals surface area contributed by atoms with Crippen molar-refractivity contribution < 1.29 is 9.26 Å². The van der Waals surface area contributed by atoms with Gasteiger partial charge in [0.05, 0.1) is 12.0 Å². The molecule has 120 valence electrons. The first-order chi connectivity index (χ1) is 10.2. The second-order valence-corrected chi connectivity index (χ2v) is 6.00. The minimum Gasteiger partial charge on any atom is -0.378 e. The van der Waals surface area contributed by atoms with Crippen LogP contribution in [0.3, 0.4) is 0 Å². The lowest BCUT2D eigenvalue weighted by molar-refractivity contribution is 0.0153. The molecule has 1 fully saturated rings. The molecule has 1 N–H and O–H groups in total. The first-order valence-electron chi connectivity index (χ1n) is 8.42. The van der Waals surface area contributed by atoms with Crippen LogP contribution in [0.15, 0.2) is 4.52 Å². The molecular formula is C16H29N3O2. The molecule has 5 nitrogen and oxygen atoms in total. The maximum absolute atomic E-state index is 5.74. The van der Waals surface area contributed by atoms with Crippen LogP contribution in [-0.4, -0.2) is 35.4 Å². The molecule has 1 aromatic rings. The average molecular weight is 295 g/mol. The van der Waals surface area contributed by atoms with E-state index in [0.717, 1.165) is 50.6 Å². The van der Waals surface area contributed by atoms with Crippen molar-refractivity contribution >= 4 is 0 Å². The maximum atomic E-state index is 5.74. The smallest absolute Gasteiger partial charge is 0.231 e. The number of hydrogen-bond donors (Lipinski definition) is 1. The van der Waals surface area contributed by atoms with Crippen LogP contribution in [0.5, 0.6) is 0 Å². The van der Waals surface area contributed by atoms with E-state index in [4.69, 9.17) is 9.26 Å². The lowest BCUT2D eigenvalue weighted by atomic mass is 9.98. The van der Waals surface area contributed by atoms with Crippen LogP contribution < -0.4 is 5.32 Å². The van der Waals surface area contributed by atoms with E-state index in [9.17, 15) is 0 Å². The minimum atomic E-state index is 0.264. The highest BCUT2D eigenvalue weighted by Gasteiger charge is 2.24. The normalized spacial score (nSPS) is 22.1. The molecule has 3 unspecified atom stereocenters. The molecule has 0 spiro atoms. The van der Waals surface area contributed by atoms with Gasteiger partial charge in [0.2, 0.25) is 5.89 Å². The Kier molecular flexibility index (Phi) is 6.64. The van der Waals surface area contributed by atoms with E-state index in [1.54, 1.807) is 0 Å². The van der Waals surface area contributed by atoms with Gasteiger partial charge in [-0.05, 0) is 45.6 Å².